The number of carbonyl (C=O) groups excluding carboxylic acids is 2. The topological polar surface area (TPSA) is 76.1 Å². The van der Waals surface area contributed by atoms with Crippen LogP contribution in [0.3, 0.4) is 0 Å². The zero-order valence-corrected chi connectivity index (χ0v) is 19.4. The lowest BCUT2D eigenvalue weighted by molar-refractivity contribution is -0.140. The van der Waals surface area contributed by atoms with E-state index in [0.29, 0.717) is 30.9 Å². The average Bonchev–Trinajstić information content (AvgIpc) is 2.99. The molecule has 0 radical (unpaired) electrons. The largest absolute Gasteiger partial charge is 0.507 e. The average molecular weight is 488 g/mol. The van der Waals surface area contributed by atoms with Crippen molar-refractivity contribution in [3.8, 4) is 5.75 Å². The maximum atomic E-state index is 13.0. The summed E-state index contributed by atoms with van der Waals surface area (Å²) in [5.74, 6) is -0.803. The first-order chi connectivity index (χ1) is 14.8. The molecule has 1 fully saturated rings. The van der Waals surface area contributed by atoms with Crippen LogP contribution in [0.1, 0.15) is 37.4 Å². The molecule has 164 valence electrons. The van der Waals surface area contributed by atoms with Gasteiger partial charge in [-0.25, -0.2) is 0 Å². The molecule has 6 nitrogen and oxygen atoms in total. The number of hydrogen-bond acceptors (Lipinski definition) is 5. The van der Waals surface area contributed by atoms with Gasteiger partial charge in [0.25, 0.3) is 11.7 Å². The minimum atomic E-state index is -0.689. The molecular formula is C24H26BrNO5. The molecule has 1 aliphatic heterocycles. The Morgan fingerprint density at radius 2 is 1.74 bits per heavy atom. The fraction of sp³-hybridized carbons (Fsp3) is 0.333. The molecule has 31 heavy (non-hydrogen) atoms. The molecule has 1 unspecified atom stereocenters. The van der Waals surface area contributed by atoms with Crippen LogP contribution in [-0.2, 0) is 14.3 Å². The number of amides is 1. The highest BCUT2D eigenvalue weighted by Crippen LogP contribution is 2.40. The van der Waals surface area contributed by atoms with Gasteiger partial charge in [0.1, 0.15) is 11.5 Å². The molecule has 1 saturated heterocycles. The van der Waals surface area contributed by atoms with Crippen molar-refractivity contribution in [2.24, 2.45) is 0 Å². The second-order valence-corrected chi connectivity index (χ2v) is 8.50. The molecule has 1 heterocycles. The Morgan fingerprint density at radius 1 is 1.10 bits per heavy atom. The van der Waals surface area contributed by atoms with Crippen LogP contribution in [-0.4, -0.2) is 48.1 Å². The molecule has 1 amide bonds. The Kier molecular flexibility index (Phi) is 7.51. The maximum absolute atomic E-state index is 13.0. The van der Waals surface area contributed by atoms with Crippen LogP contribution >= 0.6 is 15.9 Å². The summed E-state index contributed by atoms with van der Waals surface area (Å²) < 4.78 is 11.7. The molecule has 0 aliphatic carbocycles. The molecule has 2 aromatic rings. The van der Waals surface area contributed by atoms with E-state index in [1.54, 1.807) is 31.4 Å². The third kappa shape index (κ3) is 5.17. The first-order valence-electron chi connectivity index (χ1n) is 10.1. The third-order valence-corrected chi connectivity index (χ3v) is 5.50. The van der Waals surface area contributed by atoms with Gasteiger partial charge in [0, 0.05) is 30.3 Å². The molecule has 3 rings (SSSR count). The highest BCUT2D eigenvalue weighted by molar-refractivity contribution is 9.10. The van der Waals surface area contributed by atoms with Crippen molar-refractivity contribution in [3.05, 3.63) is 69.7 Å². The first-order valence-corrected chi connectivity index (χ1v) is 10.9. The van der Waals surface area contributed by atoms with E-state index in [1.165, 1.54) is 4.90 Å². The number of halogens is 1. The van der Waals surface area contributed by atoms with Gasteiger partial charge >= 0.3 is 0 Å². The molecule has 7 heteroatoms. The van der Waals surface area contributed by atoms with Crippen LogP contribution < -0.4 is 4.74 Å². The molecular weight excluding hydrogens is 462 g/mol. The quantitative estimate of drug-likeness (QED) is 0.253. The Labute approximate surface area is 190 Å². The van der Waals surface area contributed by atoms with Crippen molar-refractivity contribution >= 4 is 33.4 Å². The van der Waals surface area contributed by atoms with Crippen LogP contribution in [0, 0.1) is 0 Å². The molecule has 0 aromatic heterocycles. The zero-order chi connectivity index (χ0) is 22.5. The number of aliphatic hydroxyl groups is 1. The number of nitrogens with zero attached hydrogens (tertiary/aromatic N) is 1. The maximum Gasteiger partial charge on any atom is 0.295 e. The summed E-state index contributed by atoms with van der Waals surface area (Å²) in [7, 11) is 1.59. The van der Waals surface area contributed by atoms with Crippen LogP contribution in [0.5, 0.6) is 5.75 Å². The van der Waals surface area contributed by atoms with Gasteiger partial charge < -0.3 is 19.5 Å². The lowest BCUT2D eigenvalue weighted by atomic mass is 9.95. The summed E-state index contributed by atoms with van der Waals surface area (Å²) in [5.41, 5.74) is 1.29. The van der Waals surface area contributed by atoms with Crippen LogP contribution in [0.25, 0.3) is 5.76 Å². The second kappa shape index (κ2) is 10.1. The van der Waals surface area contributed by atoms with Crippen LogP contribution in [0.4, 0.5) is 0 Å². The number of methoxy groups -OCH3 is 1. The van der Waals surface area contributed by atoms with E-state index in [1.807, 2.05) is 38.1 Å². The number of ketones is 1. The van der Waals surface area contributed by atoms with Gasteiger partial charge in [-0.15, -0.1) is 0 Å². The Hall–Kier alpha value is -2.64. The molecule has 1 atom stereocenters. The van der Waals surface area contributed by atoms with E-state index >= 15 is 0 Å². The number of ether oxygens (including phenoxy) is 2. The number of aliphatic hydroxyl groups excluding tert-OH is 1. The lowest BCUT2D eigenvalue weighted by Gasteiger charge is -2.25. The van der Waals surface area contributed by atoms with Gasteiger partial charge in [-0.2, -0.15) is 0 Å². The summed E-state index contributed by atoms with van der Waals surface area (Å²) in [6, 6.07) is 13.5. The van der Waals surface area contributed by atoms with Gasteiger partial charge in [-0.3, -0.25) is 9.59 Å². The van der Waals surface area contributed by atoms with Crippen molar-refractivity contribution in [2.75, 3.05) is 20.3 Å². The van der Waals surface area contributed by atoms with E-state index in [2.05, 4.69) is 15.9 Å². The Morgan fingerprint density at radius 3 is 2.32 bits per heavy atom. The fourth-order valence-electron chi connectivity index (χ4n) is 3.60. The highest BCUT2D eigenvalue weighted by atomic mass is 79.9. The molecule has 0 bridgehead atoms. The summed E-state index contributed by atoms with van der Waals surface area (Å²) in [5, 5.41) is 11.0. The number of likely N-dealkylation sites (tertiary alicyclic amines) is 1. The number of hydrogen-bond donors (Lipinski definition) is 1. The number of rotatable bonds is 8. The van der Waals surface area contributed by atoms with Crippen LogP contribution in [0.2, 0.25) is 0 Å². The van der Waals surface area contributed by atoms with E-state index in [4.69, 9.17) is 9.47 Å². The van der Waals surface area contributed by atoms with E-state index in [0.717, 1.165) is 10.0 Å². The van der Waals surface area contributed by atoms with Gasteiger partial charge in [0.05, 0.1) is 17.7 Å². The fourth-order valence-corrected chi connectivity index (χ4v) is 3.86. The van der Waals surface area contributed by atoms with Crippen molar-refractivity contribution in [2.45, 2.75) is 32.4 Å². The Balaban J connectivity index is 2.06. The smallest absolute Gasteiger partial charge is 0.295 e. The van der Waals surface area contributed by atoms with E-state index < -0.39 is 17.7 Å². The van der Waals surface area contributed by atoms with Crippen LogP contribution in [0.15, 0.2) is 58.6 Å². The SMILES string of the molecule is COCCCN1C(=O)C(=O)/C(=C(\O)c2ccc(Br)cc2)C1c1ccc(OC(C)C)cc1. The highest BCUT2D eigenvalue weighted by Gasteiger charge is 2.45. The van der Waals surface area contributed by atoms with Gasteiger partial charge in [0.15, 0.2) is 0 Å². The van der Waals surface area contributed by atoms with Gasteiger partial charge in [0.2, 0.25) is 0 Å². The minimum Gasteiger partial charge on any atom is -0.507 e. The standard InChI is InChI=1S/C24H26BrNO5/c1-15(2)31-19-11-7-16(8-12-19)21-20(22(27)17-5-9-18(25)10-6-17)23(28)24(29)26(21)13-4-14-30-3/h5-12,15,21,27H,4,13-14H2,1-3H3/b22-20-. The summed E-state index contributed by atoms with van der Waals surface area (Å²) in [6.45, 7) is 4.68. The normalized spacial score (nSPS) is 18.1. The predicted octanol–water partition coefficient (Wildman–Crippen LogP) is 4.69. The number of carbonyl (C=O) groups is 2. The molecule has 1 N–H and O–H groups in total. The predicted molar refractivity (Wildman–Crippen MR) is 122 cm³/mol. The first kappa shape index (κ1) is 23.0. The van der Waals surface area contributed by atoms with Gasteiger partial charge in [-0.1, -0.05) is 40.2 Å². The zero-order valence-electron chi connectivity index (χ0n) is 17.8. The van der Waals surface area contributed by atoms with Crippen molar-refractivity contribution in [1.29, 1.82) is 0 Å². The number of Topliss-reactive ketones (excluding diaryl/α,β-unsaturated/α-hetero) is 1. The monoisotopic (exact) mass is 487 g/mol. The minimum absolute atomic E-state index is 0.0305. The molecule has 1 aliphatic rings. The lowest BCUT2D eigenvalue weighted by Crippen LogP contribution is -2.31. The van der Waals surface area contributed by atoms with E-state index in [-0.39, 0.29) is 17.4 Å². The van der Waals surface area contributed by atoms with Crippen molar-refractivity contribution in [3.63, 3.8) is 0 Å². The van der Waals surface area contributed by atoms with Crippen molar-refractivity contribution < 1.29 is 24.2 Å². The molecule has 0 saturated carbocycles. The molecule has 0 spiro atoms. The summed E-state index contributed by atoms with van der Waals surface area (Å²) in [6.07, 6.45) is 0.607. The van der Waals surface area contributed by atoms with Gasteiger partial charge in [-0.05, 0) is 50.1 Å². The summed E-state index contributed by atoms with van der Waals surface area (Å²) in [4.78, 5) is 27.3. The van der Waals surface area contributed by atoms with E-state index in [9.17, 15) is 14.7 Å². The second-order valence-electron chi connectivity index (χ2n) is 7.58. The third-order valence-electron chi connectivity index (χ3n) is 4.97. The van der Waals surface area contributed by atoms with Crippen molar-refractivity contribution in [1.82, 2.24) is 4.90 Å². The number of benzene rings is 2. The summed E-state index contributed by atoms with van der Waals surface area (Å²) >= 11 is 3.37. The molecule has 2 aromatic carbocycles. The Bertz CT molecular complexity index is 966.